The van der Waals surface area contributed by atoms with Gasteiger partial charge in [0.25, 0.3) is 0 Å². The zero-order valence-electron chi connectivity index (χ0n) is 10.4. The van der Waals surface area contributed by atoms with E-state index in [1.54, 1.807) is 0 Å². The highest BCUT2D eigenvalue weighted by atomic mass is 35.5. The molecule has 2 heterocycles. The lowest BCUT2D eigenvalue weighted by Crippen LogP contribution is -2.42. The first kappa shape index (κ1) is 15.8. The number of carbonyl (C=O) groups excluding carboxylic acids is 1. The van der Waals surface area contributed by atoms with Gasteiger partial charge in [-0.2, -0.15) is 0 Å². The summed E-state index contributed by atoms with van der Waals surface area (Å²) in [5.74, 6) is -0.194. The van der Waals surface area contributed by atoms with Gasteiger partial charge in [-0.1, -0.05) is 18.2 Å². The SMILES string of the molecule is COC(=O)[C@@H]1Cc2c([nH]c3ccccc23)CN1.Cl.Cl. The van der Waals surface area contributed by atoms with Gasteiger partial charge in [0.1, 0.15) is 6.04 Å². The lowest BCUT2D eigenvalue weighted by atomic mass is 9.99. The molecule has 2 N–H and O–H groups in total. The molecular formula is C13H16Cl2N2O2. The van der Waals surface area contributed by atoms with Crippen molar-refractivity contribution in [2.24, 2.45) is 0 Å². The van der Waals surface area contributed by atoms with Crippen LogP contribution in [0.15, 0.2) is 24.3 Å². The molecule has 19 heavy (non-hydrogen) atoms. The topological polar surface area (TPSA) is 54.1 Å². The van der Waals surface area contributed by atoms with E-state index in [9.17, 15) is 4.79 Å². The zero-order valence-corrected chi connectivity index (χ0v) is 12.1. The van der Waals surface area contributed by atoms with Gasteiger partial charge in [-0.3, -0.25) is 10.1 Å². The summed E-state index contributed by atoms with van der Waals surface area (Å²) in [6.45, 7) is 0.684. The van der Waals surface area contributed by atoms with E-state index in [0.717, 1.165) is 5.52 Å². The molecule has 0 saturated heterocycles. The highest BCUT2D eigenvalue weighted by Gasteiger charge is 2.27. The van der Waals surface area contributed by atoms with Gasteiger partial charge in [0.05, 0.1) is 7.11 Å². The lowest BCUT2D eigenvalue weighted by Gasteiger charge is -2.21. The van der Waals surface area contributed by atoms with Crippen molar-refractivity contribution >= 4 is 41.7 Å². The summed E-state index contributed by atoms with van der Waals surface area (Å²) in [5, 5.41) is 4.39. The van der Waals surface area contributed by atoms with Crippen LogP contribution in [0, 0.1) is 0 Å². The van der Waals surface area contributed by atoms with Crippen molar-refractivity contribution in [3.63, 3.8) is 0 Å². The Labute approximate surface area is 123 Å². The number of aromatic amines is 1. The Bertz CT molecular complexity index is 583. The van der Waals surface area contributed by atoms with Gasteiger partial charge in [-0.05, 0) is 11.6 Å². The highest BCUT2D eigenvalue weighted by Crippen LogP contribution is 2.26. The van der Waals surface area contributed by atoms with Crippen LogP contribution in [-0.4, -0.2) is 24.1 Å². The monoisotopic (exact) mass is 302 g/mol. The van der Waals surface area contributed by atoms with Crippen LogP contribution in [-0.2, 0) is 22.5 Å². The molecule has 0 fully saturated rings. The van der Waals surface area contributed by atoms with Crippen LogP contribution in [0.4, 0.5) is 0 Å². The fourth-order valence-electron chi connectivity index (χ4n) is 2.45. The first-order chi connectivity index (χ1) is 8.29. The third kappa shape index (κ3) is 2.71. The third-order valence-corrected chi connectivity index (χ3v) is 3.32. The molecule has 0 bridgehead atoms. The lowest BCUT2D eigenvalue weighted by molar-refractivity contribution is -0.143. The minimum absolute atomic E-state index is 0. The smallest absolute Gasteiger partial charge is 0.323 e. The van der Waals surface area contributed by atoms with Gasteiger partial charge in [0, 0.05) is 29.6 Å². The Hall–Kier alpha value is -1.23. The molecule has 1 atom stereocenters. The molecule has 0 saturated carbocycles. The van der Waals surface area contributed by atoms with E-state index >= 15 is 0 Å². The molecule has 0 radical (unpaired) electrons. The number of benzene rings is 1. The van der Waals surface area contributed by atoms with Crippen molar-refractivity contribution in [1.82, 2.24) is 10.3 Å². The summed E-state index contributed by atoms with van der Waals surface area (Å²) >= 11 is 0. The molecular weight excluding hydrogens is 287 g/mol. The number of methoxy groups -OCH3 is 1. The number of esters is 1. The van der Waals surface area contributed by atoms with Crippen LogP contribution < -0.4 is 5.32 Å². The Morgan fingerprint density at radius 3 is 2.79 bits per heavy atom. The first-order valence-electron chi connectivity index (χ1n) is 5.69. The predicted octanol–water partition coefficient (Wildman–Crippen LogP) is 2.20. The molecule has 1 aliphatic heterocycles. The zero-order chi connectivity index (χ0) is 11.8. The van der Waals surface area contributed by atoms with Crippen molar-refractivity contribution in [2.45, 2.75) is 19.0 Å². The molecule has 1 aliphatic rings. The van der Waals surface area contributed by atoms with Crippen molar-refractivity contribution < 1.29 is 9.53 Å². The maximum absolute atomic E-state index is 11.5. The minimum Gasteiger partial charge on any atom is -0.468 e. The van der Waals surface area contributed by atoms with Gasteiger partial charge in [-0.15, -0.1) is 24.8 Å². The molecule has 2 aromatic rings. The third-order valence-electron chi connectivity index (χ3n) is 3.32. The van der Waals surface area contributed by atoms with Crippen LogP contribution in [0.5, 0.6) is 0 Å². The normalized spacial score (nSPS) is 17.0. The fraction of sp³-hybridized carbons (Fsp3) is 0.308. The maximum atomic E-state index is 11.5. The molecule has 4 nitrogen and oxygen atoms in total. The van der Waals surface area contributed by atoms with Crippen molar-refractivity contribution in [2.75, 3.05) is 7.11 Å². The van der Waals surface area contributed by atoms with Crippen molar-refractivity contribution in [3.05, 3.63) is 35.5 Å². The average molecular weight is 303 g/mol. The number of hydrogen-bond acceptors (Lipinski definition) is 3. The Kier molecular flexibility index (Phi) is 5.23. The van der Waals surface area contributed by atoms with Gasteiger partial charge in [0.15, 0.2) is 0 Å². The van der Waals surface area contributed by atoms with E-state index in [0.29, 0.717) is 13.0 Å². The predicted molar refractivity (Wildman–Crippen MR) is 79.1 cm³/mol. The fourth-order valence-corrected chi connectivity index (χ4v) is 2.45. The van der Waals surface area contributed by atoms with Crippen LogP contribution in [0.25, 0.3) is 10.9 Å². The second kappa shape index (κ2) is 6.28. The second-order valence-electron chi connectivity index (χ2n) is 4.29. The molecule has 1 aromatic heterocycles. The number of halogens is 2. The van der Waals surface area contributed by atoms with Gasteiger partial charge < -0.3 is 9.72 Å². The molecule has 0 spiro atoms. The minimum atomic E-state index is -0.230. The Morgan fingerprint density at radius 2 is 2.05 bits per heavy atom. The summed E-state index contributed by atoms with van der Waals surface area (Å²) in [6, 6.07) is 7.94. The quantitative estimate of drug-likeness (QED) is 0.794. The van der Waals surface area contributed by atoms with Gasteiger partial charge >= 0.3 is 5.97 Å². The Balaban J connectivity index is 0.000000902. The van der Waals surface area contributed by atoms with Crippen LogP contribution in [0.1, 0.15) is 11.3 Å². The molecule has 0 unspecified atom stereocenters. The van der Waals surface area contributed by atoms with Crippen LogP contribution in [0.3, 0.4) is 0 Å². The summed E-state index contributed by atoms with van der Waals surface area (Å²) in [7, 11) is 1.43. The number of rotatable bonds is 1. The van der Waals surface area contributed by atoms with Gasteiger partial charge in [-0.25, -0.2) is 0 Å². The first-order valence-corrected chi connectivity index (χ1v) is 5.69. The van der Waals surface area contributed by atoms with Crippen LogP contribution in [0.2, 0.25) is 0 Å². The highest BCUT2D eigenvalue weighted by molar-refractivity contribution is 5.86. The maximum Gasteiger partial charge on any atom is 0.323 e. The molecule has 0 aliphatic carbocycles. The number of aromatic nitrogens is 1. The molecule has 6 heteroatoms. The summed E-state index contributed by atoms with van der Waals surface area (Å²) in [5.41, 5.74) is 3.53. The standard InChI is InChI=1S/C13H14N2O2.2ClH/c1-17-13(16)11-6-9-8-4-2-3-5-10(8)15-12(9)7-14-11;;/h2-5,11,14-15H,6-7H2,1H3;2*1H/t11-;;/m0../s1. The van der Waals surface area contributed by atoms with E-state index in [4.69, 9.17) is 4.74 Å². The largest absolute Gasteiger partial charge is 0.468 e. The van der Waals surface area contributed by atoms with Gasteiger partial charge in [0.2, 0.25) is 0 Å². The molecule has 0 amide bonds. The van der Waals surface area contributed by atoms with E-state index in [2.05, 4.69) is 22.4 Å². The Morgan fingerprint density at radius 1 is 1.32 bits per heavy atom. The summed E-state index contributed by atoms with van der Waals surface area (Å²) in [6.07, 6.45) is 0.687. The van der Waals surface area contributed by atoms with E-state index in [-0.39, 0.29) is 36.8 Å². The summed E-state index contributed by atoms with van der Waals surface area (Å²) in [4.78, 5) is 14.9. The number of fused-ring (bicyclic) bond motifs is 3. The number of ether oxygens (including phenoxy) is 1. The van der Waals surface area contributed by atoms with Crippen molar-refractivity contribution in [3.8, 4) is 0 Å². The second-order valence-corrected chi connectivity index (χ2v) is 4.29. The number of nitrogens with one attached hydrogen (secondary N) is 2. The number of carbonyl (C=O) groups is 1. The van der Waals surface area contributed by atoms with E-state index in [1.807, 2.05) is 12.1 Å². The average Bonchev–Trinajstić information content (AvgIpc) is 2.75. The summed E-state index contributed by atoms with van der Waals surface area (Å²) < 4.78 is 4.78. The molecule has 104 valence electrons. The van der Waals surface area contributed by atoms with Crippen LogP contribution >= 0.6 is 24.8 Å². The number of hydrogen-bond donors (Lipinski definition) is 2. The number of para-hydroxylation sites is 1. The molecule has 3 rings (SSSR count). The van der Waals surface area contributed by atoms with Crippen molar-refractivity contribution in [1.29, 1.82) is 0 Å². The number of H-pyrrole nitrogens is 1. The van der Waals surface area contributed by atoms with E-state index < -0.39 is 0 Å². The van der Waals surface area contributed by atoms with E-state index in [1.165, 1.54) is 23.8 Å². The molecule has 1 aromatic carbocycles.